The van der Waals surface area contributed by atoms with E-state index in [1.807, 2.05) is 24.3 Å². The van der Waals surface area contributed by atoms with Gasteiger partial charge in [0.2, 0.25) is 0 Å². The monoisotopic (exact) mass is 458 g/mol. The maximum atomic E-state index is 11.5. The van der Waals surface area contributed by atoms with Crippen molar-refractivity contribution in [3.05, 3.63) is 72.8 Å². The predicted octanol–water partition coefficient (Wildman–Crippen LogP) is 5.55. The van der Waals surface area contributed by atoms with E-state index in [4.69, 9.17) is 14.2 Å². The smallest absolute Gasteiger partial charge is 0.338 e. The molecule has 0 amide bonds. The lowest BCUT2D eigenvalue weighted by Gasteiger charge is -2.07. The van der Waals surface area contributed by atoms with Gasteiger partial charge in [-0.3, -0.25) is 0 Å². The first-order valence-electron chi connectivity index (χ1n) is 9.64. The fourth-order valence-electron chi connectivity index (χ4n) is 2.14. The van der Waals surface area contributed by atoms with Gasteiger partial charge in [-0.15, -0.1) is 23.5 Å². The summed E-state index contributed by atoms with van der Waals surface area (Å²) in [6.07, 6.45) is 0. The van der Waals surface area contributed by atoms with Gasteiger partial charge >= 0.3 is 11.9 Å². The van der Waals surface area contributed by atoms with E-state index >= 15 is 0 Å². The lowest BCUT2D eigenvalue weighted by atomic mass is 10.3. The summed E-state index contributed by atoms with van der Waals surface area (Å²) >= 11 is 3.36. The summed E-state index contributed by atoms with van der Waals surface area (Å²) in [7, 11) is 0. The van der Waals surface area contributed by atoms with E-state index in [0.29, 0.717) is 35.9 Å². The van der Waals surface area contributed by atoms with E-state index in [2.05, 4.69) is 13.2 Å². The summed E-state index contributed by atoms with van der Waals surface area (Å²) in [6, 6.07) is 14.7. The van der Waals surface area contributed by atoms with Crippen LogP contribution < -0.4 is 9.47 Å². The van der Waals surface area contributed by atoms with E-state index < -0.39 is 11.9 Å². The Morgan fingerprint density at radius 1 is 0.710 bits per heavy atom. The van der Waals surface area contributed by atoms with Crippen LogP contribution in [0.15, 0.2) is 82.6 Å². The maximum Gasteiger partial charge on any atom is 0.338 e. The van der Waals surface area contributed by atoms with Crippen molar-refractivity contribution in [1.82, 2.24) is 0 Å². The fourth-order valence-corrected chi connectivity index (χ4v) is 3.67. The zero-order valence-electron chi connectivity index (χ0n) is 17.7. The molecule has 0 aromatic heterocycles. The molecule has 164 valence electrons. The maximum absolute atomic E-state index is 11.5. The molecule has 2 aromatic rings. The van der Waals surface area contributed by atoms with Gasteiger partial charge < -0.3 is 14.2 Å². The van der Waals surface area contributed by atoms with Gasteiger partial charge in [0.05, 0.1) is 13.2 Å². The average molecular weight is 459 g/mol. The second-order valence-electron chi connectivity index (χ2n) is 6.59. The molecule has 0 bridgehead atoms. The second kappa shape index (κ2) is 13.0. The molecular formula is C24H26O5S2. The number of carbonyl (C=O) groups excluding carboxylic acids is 2. The summed E-state index contributed by atoms with van der Waals surface area (Å²) in [5.74, 6) is 1.83. The summed E-state index contributed by atoms with van der Waals surface area (Å²) < 4.78 is 16.0. The van der Waals surface area contributed by atoms with Crippen molar-refractivity contribution in [1.29, 1.82) is 0 Å². The van der Waals surface area contributed by atoms with Crippen molar-refractivity contribution in [2.75, 3.05) is 24.7 Å². The number of hydrogen-bond donors (Lipinski definition) is 0. The molecule has 2 aromatic carbocycles. The van der Waals surface area contributed by atoms with Crippen molar-refractivity contribution < 1.29 is 23.8 Å². The Balaban J connectivity index is 1.58. The third-order valence-corrected chi connectivity index (χ3v) is 5.71. The van der Waals surface area contributed by atoms with E-state index in [-0.39, 0.29) is 0 Å². The first-order valence-corrected chi connectivity index (χ1v) is 11.6. The van der Waals surface area contributed by atoms with Gasteiger partial charge in [0.1, 0.15) is 11.5 Å². The van der Waals surface area contributed by atoms with Crippen LogP contribution in [0.3, 0.4) is 0 Å². The van der Waals surface area contributed by atoms with E-state index in [9.17, 15) is 9.59 Å². The van der Waals surface area contributed by atoms with Crippen molar-refractivity contribution in [2.45, 2.75) is 23.6 Å². The highest BCUT2D eigenvalue weighted by molar-refractivity contribution is 7.99. The van der Waals surface area contributed by atoms with Crippen LogP contribution in [0.2, 0.25) is 0 Å². The Bertz CT molecular complexity index is 829. The third kappa shape index (κ3) is 9.46. The SMILES string of the molecule is C=C(C)C(=O)Oc1ccc(SCCOCCSc2ccc(OC(=O)C(=C)C)cc2)cc1. The molecule has 7 heteroatoms. The van der Waals surface area contributed by atoms with Crippen LogP contribution in [0.5, 0.6) is 11.5 Å². The van der Waals surface area contributed by atoms with Crippen LogP contribution in [0.1, 0.15) is 13.8 Å². The quantitative estimate of drug-likeness (QED) is 0.136. The Morgan fingerprint density at radius 3 is 1.39 bits per heavy atom. The number of esters is 2. The van der Waals surface area contributed by atoms with Crippen LogP contribution in [0, 0.1) is 0 Å². The van der Waals surface area contributed by atoms with Crippen molar-refractivity contribution in [3.8, 4) is 11.5 Å². The lowest BCUT2D eigenvalue weighted by molar-refractivity contribution is -0.130. The zero-order valence-corrected chi connectivity index (χ0v) is 19.4. The zero-order chi connectivity index (χ0) is 22.6. The molecule has 0 N–H and O–H groups in total. The minimum absolute atomic E-state index is 0.370. The fraction of sp³-hybridized carbons (Fsp3) is 0.250. The summed E-state index contributed by atoms with van der Waals surface area (Å²) in [4.78, 5) is 25.2. The molecule has 2 rings (SSSR count). The molecular weight excluding hydrogens is 432 g/mol. The Labute approximate surface area is 191 Å². The summed E-state index contributed by atoms with van der Waals surface area (Å²) in [5.41, 5.74) is 0.741. The molecule has 0 radical (unpaired) electrons. The molecule has 0 fully saturated rings. The second-order valence-corrected chi connectivity index (χ2v) is 8.93. The molecule has 5 nitrogen and oxygen atoms in total. The highest BCUT2D eigenvalue weighted by atomic mass is 32.2. The van der Waals surface area contributed by atoms with Crippen LogP contribution in [0.25, 0.3) is 0 Å². The van der Waals surface area contributed by atoms with Crippen molar-refractivity contribution >= 4 is 35.5 Å². The van der Waals surface area contributed by atoms with Gasteiger partial charge in [-0.2, -0.15) is 0 Å². The van der Waals surface area contributed by atoms with Crippen LogP contribution in [-0.2, 0) is 14.3 Å². The number of hydrogen-bond acceptors (Lipinski definition) is 7. The molecule has 0 saturated heterocycles. The minimum Gasteiger partial charge on any atom is -0.423 e. The van der Waals surface area contributed by atoms with Gasteiger partial charge in [-0.05, 0) is 62.4 Å². The molecule has 0 spiro atoms. The highest BCUT2D eigenvalue weighted by Crippen LogP contribution is 2.23. The Hall–Kier alpha value is -2.48. The largest absolute Gasteiger partial charge is 0.423 e. The molecule has 0 aliphatic rings. The molecule has 0 unspecified atom stereocenters. The highest BCUT2D eigenvalue weighted by Gasteiger charge is 2.06. The lowest BCUT2D eigenvalue weighted by Crippen LogP contribution is -2.07. The minimum atomic E-state index is -0.422. The number of rotatable bonds is 12. The van der Waals surface area contributed by atoms with E-state index in [1.165, 1.54) is 0 Å². The number of thioether (sulfide) groups is 2. The Kier molecular flexibility index (Phi) is 10.4. The Morgan fingerprint density at radius 2 is 1.06 bits per heavy atom. The first kappa shape index (κ1) is 24.8. The summed E-state index contributed by atoms with van der Waals surface area (Å²) in [5, 5.41) is 0. The normalized spacial score (nSPS) is 10.4. The predicted molar refractivity (Wildman–Crippen MR) is 126 cm³/mol. The van der Waals surface area contributed by atoms with E-state index in [0.717, 1.165) is 21.3 Å². The average Bonchev–Trinajstić information content (AvgIpc) is 2.75. The van der Waals surface area contributed by atoms with Gasteiger partial charge in [0.25, 0.3) is 0 Å². The van der Waals surface area contributed by atoms with Gasteiger partial charge in [0.15, 0.2) is 0 Å². The third-order valence-electron chi connectivity index (χ3n) is 3.76. The topological polar surface area (TPSA) is 61.8 Å². The molecule has 0 aliphatic carbocycles. The summed E-state index contributed by atoms with van der Waals surface area (Å²) in [6.45, 7) is 11.6. The standard InChI is InChI=1S/C24H26O5S2/c1-17(2)23(25)28-19-5-9-21(10-6-19)30-15-13-27-14-16-31-22-11-7-20(8-12-22)29-24(26)18(3)4/h5-12H,1,3,13-16H2,2,4H3. The first-order chi connectivity index (χ1) is 14.8. The number of benzene rings is 2. The van der Waals surface area contributed by atoms with Crippen molar-refractivity contribution in [3.63, 3.8) is 0 Å². The van der Waals surface area contributed by atoms with Gasteiger partial charge in [-0.25, -0.2) is 9.59 Å². The molecule has 0 heterocycles. The number of ether oxygens (including phenoxy) is 3. The van der Waals surface area contributed by atoms with Crippen LogP contribution in [0.4, 0.5) is 0 Å². The van der Waals surface area contributed by atoms with Crippen LogP contribution >= 0.6 is 23.5 Å². The van der Waals surface area contributed by atoms with Crippen LogP contribution in [-0.4, -0.2) is 36.7 Å². The van der Waals surface area contributed by atoms with Gasteiger partial charge in [0, 0.05) is 32.4 Å². The van der Waals surface area contributed by atoms with E-state index in [1.54, 1.807) is 61.6 Å². The van der Waals surface area contributed by atoms with Crippen molar-refractivity contribution in [2.24, 2.45) is 0 Å². The number of carbonyl (C=O) groups is 2. The molecule has 0 saturated carbocycles. The molecule has 0 atom stereocenters. The molecule has 0 aliphatic heterocycles. The van der Waals surface area contributed by atoms with Gasteiger partial charge in [-0.1, -0.05) is 13.2 Å². The molecule has 31 heavy (non-hydrogen) atoms.